The number of benzene rings is 1. The number of fused-ring (bicyclic) bond motifs is 2. The molecule has 11 heteroatoms. The molecule has 0 amide bonds. The van der Waals surface area contributed by atoms with Gasteiger partial charge in [-0.25, -0.2) is 4.79 Å². The highest BCUT2D eigenvalue weighted by molar-refractivity contribution is 5.99. The first kappa shape index (κ1) is 37.1. The van der Waals surface area contributed by atoms with Crippen LogP contribution in [0, 0.1) is 20.8 Å². The van der Waals surface area contributed by atoms with Crippen molar-refractivity contribution in [3.05, 3.63) is 45.0 Å². The van der Waals surface area contributed by atoms with Crippen molar-refractivity contribution in [3.63, 3.8) is 0 Å². The van der Waals surface area contributed by atoms with E-state index in [0.29, 0.717) is 5.58 Å². The van der Waals surface area contributed by atoms with Crippen LogP contribution in [0.5, 0.6) is 0 Å². The number of aryl methyl sites for hydroxylation is 3. The second kappa shape index (κ2) is 19.1. The first-order chi connectivity index (χ1) is 15.5. The van der Waals surface area contributed by atoms with Gasteiger partial charge in [0, 0.05) is 34.5 Å². The third kappa shape index (κ3) is 10.0. The molecule has 0 aliphatic carbocycles. The maximum Gasteiger partial charge on any atom is 0.336 e. The monoisotopic (exact) mass is 586 g/mol. The first-order valence-electron chi connectivity index (χ1n) is 11.8. The summed E-state index contributed by atoms with van der Waals surface area (Å²) < 4.78 is 11.5. The Hall–Kier alpha value is -1.03. The molecule has 0 atom stereocenters. The quantitative estimate of drug-likeness (QED) is 0.156. The number of furan rings is 1. The average Bonchev–Trinajstić information content (AvgIpc) is 3.08. The number of hydrogen-bond donors (Lipinski definition) is 4. The Balaban J connectivity index is 0. The van der Waals surface area contributed by atoms with Gasteiger partial charge in [-0.15, -0.1) is 49.6 Å². The summed E-state index contributed by atoms with van der Waals surface area (Å²) in [7, 11) is 0. The van der Waals surface area contributed by atoms with Crippen molar-refractivity contribution < 1.29 is 8.83 Å². The van der Waals surface area contributed by atoms with Crippen molar-refractivity contribution in [3.8, 4) is 0 Å². The Bertz CT molecular complexity index is 1090. The lowest BCUT2D eigenvalue weighted by Crippen LogP contribution is -2.24. The van der Waals surface area contributed by atoms with Crippen LogP contribution in [0.4, 0.5) is 0 Å². The van der Waals surface area contributed by atoms with Crippen LogP contribution in [0.25, 0.3) is 21.9 Å². The Morgan fingerprint density at radius 2 is 1.28 bits per heavy atom. The number of rotatable bonds is 14. The van der Waals surface area contributed by atoms with Crippen molar-refractivity contribution in [2.45, 2.75) is 53.0 Å². The van der Waals surface area contributed by atoms with Crippen molar-refractivity contribution in [2.24, 2.45) is 5.73 Å². The summed E-state index contributed by atoms with van der Waals surface area (Å²) in [5.41, 5.74) is 9.56. The maximum absolute atomic E-state index is 11.8. The number of halogens is 4. The van der Waals surface area contributed by atoms with Crippen LogP contribution in [-0.2, 0) is 6.54 Å². The van der Waals surface area contributed by atoms with E-state index in [2.05, 4.69) is 22.0 Å². The molecule has 0 fully saturated rings. The van der Waals surface area contributed by atoms with Gasteiger partial charge in [-0.05, 0) is 97.4 Å². The molecule has 208 valence electrons. The predicted molar refractivity (Wildman–Crippen MR) is 160 cm³/mol. The van der Waals surface area contributed by atoms with E-state index >= 15 is 0 Å². The van der Waals surface area contributed by atoms with E-state index in [-0.39, 0.29) is 55.3 Å². The van der Waals surface area contributed by atoms with Crippen LogP contribution >= 0.6 is 49.6 Å². The van der Waals surface area contributed by atoms with Crippen LogP contribution in [0.15, 0.2) is 25.8 Å². The van der Waals surface area contributed by atoms with Crippen molar-refractivity contribution in [1.29, 1.82) is 0 Å². The summed E-state index contributed by atoms with van der Waals surface area (Å²) in [5.74, 6) is 0.907. The van der Waals surface area contributed by atoms with Crippen molar-refractivity contribution >= 4 is 71.6 Å². The number of nitrogens with two attached hydrogens (primary N) is 1. The molecule has 0 unspecified atom stereocenters. The van der Waals surface area contributed by atoms with Crippen molar-refractivity contribution in [2.75, 3.05) is 39.3 Å². The normalized spacial score (nSPS) is 10.4. The molecule has 3 rings (SSSR count). The highest BCUT2D eigenvalue weighted by Crippen LogP contribution is 2.34. The van der Waals surface area contributed by atoms with E-state index in [1.54, 1.807) is 6.07 Å². The molecule has 1 aromatic carbocycles. The molecule has 2 aromatic heterocycles. The summed E-state index contributed by atoms with van der Waals surface area (Å²) in [6.07, 6.45) is 4.51. The molecule has 0 spiro atoms. The van der Waals surface area contributed by atoms with Crippen LogP contribution in [0.1, 0.15) is 48.1 Å². The molecule has 36 heavy (non-hydrogen) atoms. The first-order valence-corrected chi connectivity index (χ1v) is 11.8. The zero-order valence-electron chi connectivity index (χ0n) is 21.4. The fraction of sp³-hybridized carbons (Fsp3) is 0.560. The van der Waals surface area contributed by atoms with Gasteiger partial charge in [-0.2, -0.15) is 0 Å². The third-order valence-electron chi connectivity index (χ3n) is 5.95. The van der Waals surface area contributed by atoms with E-state index in [0.717, 1.165) is 91.9 Å². The number of hydrogen-bond acceptors (Lipinski definition) is 7. The highest BCUT2D eigenvalue weighted by Gasteiger charge is 2.17. The molecule has 3 aromatic rings. The zero-order chi connectivity index (χ0) is 22.9. The summed E-state index contributed by atoms with van der Waals surface area (Å²) in [6.45, 7) is 12.5. The van der Waals surface area contributed by atoms with Gasteiger partial charge >= 0.3 is 5.63 Å². The summed E-state index contributed by atoms with van der Waals surface area (Å²) in [5, 5.41) is 12.5. The smallest absolute Gasteiger partial charge is 0.336 e. The van der Waals surface area contributed by atoms with Gasteiger partial charge in [0.2, 0.25) is 0 Å². The molecule has 0 radical (unpaired) electrons. The maximum atomic E-state index is 11.8. The van der Waals surface area contributed by atoms with Gasteiger partial charge < -0.3 is 30.5 Å². The van der Waals surface area contributed by atoms with Crippen LogP contribution in [0.3, 0.4) is 0 Å². The Kier molecular flexibility index (Phi) is 19.7. The average molecular weight is 588 g/mol. The minimum atomic E-state index is -0.324. The number of nitrogens with one attached hydrogen (secondary N) is 3. The van der Waals surface area contributed by atoms with Gasteiger partial charge in [0.1, 0.15) is 16.9 Å². The van der Waals surface area contributed by atoms with Gasteiger partial charge in [0.05, 0.1) is 0 Å². The van der Waals surface area contributed by atoms with Crippen LogP contribution < -0.4 is 27.3 Å². The van der Waals surface area contributed by atoms with Gasteiger partial charge in [0.15, 0.2) is 0 Å². The minimum absolute atomic E-state index is 0. The summed E-state index contributed by atoms with van der Waals surface area (Å²) in [4.78, 5) is 11.8. The largest absolute Gasteiger partial charge is 0.461 e. The molecule has 0 aliphatic heterocycles. The van der Waals surface area contributed by atoms with Gasteiger partial charge in [-0.1, -0.05) is 0 Å². The van der Waals surface area contributed by atoms with Crippen LogP contribution in [-0.4, -0.2) is 39.3 Å². The molecular formula is C25H42Cl4N4O3. The Morgan fingerprint density at radius 3 is 1.92 bits per heavy atom. The lowest BCUT2D eigenvalue weighted by molar-refractivity contribution is 0.544. The second-order valence-electron chi connectivity index (χ2n) is 8.52. The second-order valence-corrected chi connectivity index (χ2v) is 8.52. The fourth-order valence-electron chi connectivity index (χ4n) is 4.10. The fourth-order valence-corrected chi connectivity index (χ4v) is 4.10. The lowest BCUT2D eigenvalue weighted by Gasteiger charge is -2.08. The molecule has 0 aliphatic rings. The SMILES string of the molecule is Cc1oc2c(C)c3oc(=O)cc(C)c3cc2c1CNCCCNCCCCNCCCN.Cl.Cl.Cl.Cl. The Morgan fingerprint density at radius 1 is 0.722 bits per heavy atom. The highest BCUT2D eigenvalue weighted by atomic mass is 35.5. The molecule has 0 bridgehead atoms. The molecule has 2 heterocycles. The van der Waals surface area contributed by atoms with Gasteiger partial charge in [-0.3, -0.25) is 0 Å². The van der Waals surface area contributed by atoms with E-state index in [4.69, 9.17) is 14.6 Å². The molecular weight excluding hydrogens is 546 g/mol. The molecule has 7 nitrogen and oxygen atoms in total. The van der Waals surface area contributed by atoms with Crippen LogP contribution in [0.2, 0.25) is 0 Å². The molecule has 5 N–H and O–H groups in total. The number of unbranched alkanes of at least 4 members (excludes halogenated alkanes) is 1. The minimum Gasteiger partial charge on any atom is -0.461 e. The van der Waals surface area contributed by atoms with E-state index in [9.17, 15) is 4.79 Å². The topological polar surface area (TPSA) is 105 Å². The van der Waals surface area contributed by atoms with Crippen molar-refractivity contribution in [1.82, 2.24) is 16.0 Å². The lowest BCUT2D eigenvalue weighted by atomic mass is 10.0. The van der Waals surface area contributed by atoms with E-state index in [1.807, 2.05) is 20.8 Å². The van der Waals surface area contributed by atoms with E-state index in [1.165, 1.54) is 18.4 Å². The standard InChI is InChI=1S/C25H38N4O3.4ClH/c1-17-14-23(30)32-24-18(2)25-21(15-20(17)24)22(19(3)31-25)16-29-13-7-12-28-10-5-4-9-27-11-6-8-26;;;;/h14-15,27-29H,4-13,16,26H2,1-3H3;4*1H. The van der Waals surface area contributed by atoms with E-state index < -0.39 is 0 Å². The predicted octanol–water partition coefficient (Wildman–Crippen LogP) is 4.94. The molecule has 0 saturated carbocycles. The Labute approximate surface area is 238 Å². The zero-order valence-corrected chi connectivity index (χ0v) is 24.6. The summed E-state index contributed by atoms with van der Waals surface area (Å²) in [6, 6.07) is 3.64. The van der Waals surface area contributed by atoms with Gasteiger partial charge in [0.25, 0.3) is 0 Å². The summed E-state index contributed by atoms with van der Waals surface area (Å²) >= 11 is 0. The third-order valence-corrected chi connectivity index (χ3v) is 5.95. The molecule has 0 saturated heterocycles.